The molecule has 2 N–H and O–H groups in total. The fourth-order valence-electron chi connectivity index (χ4n) is 1.62. The zero-order chi connectivity index (χ0) is 13.9. The summed E-state index contributed by atoms with van der Waals surface area (Å²) in [5.41, 5.74) is 2.22. The normalized spacial score (nSPS) is 11.4. The van der Waals surface area contributed by atoms with Gasteiger partial charge in [-0.1, -0.05) is 13.8 Å². The first kappa shape index (κ1) is 14.4. The lowest BCUT2D eigenvalue weighted by atomic mass is 9.94. The van der Waals surface area contributed by atoms with Crippen LogP contribution in [0.2, 0.25) is 0 Å². The molecule has 1 aromatic rings. The maximum Gasteiger partial charge on any atom is 0.274 e. The van der Waals surface area contributed by atoms with Crippen LogP contribution in [0.1, 0.15) is 25.0 Å². The number of benzene rings is 1. The number of aryl methyl sites for hydroxylation is 2. The van der Waals surface area contributed by atoms with E-state index < -0.39 is 0 Å². The van der Waals surface area contributed by atoms with Crippen LogP contribution in [0.5, 0.6) is 0 Å². The van der Waals surface area contributed by atoms with Crippen LogP contribution in [0.3, 0.4) is 0 Å². The van der Waals surface area contributed by atoms with Crippen molar-refractivity contribution in [3.05, 3.63) is 33.4 Å². The zero-order valence-electron chi connectivity index (χ0n) is 11.3. The minimum absolute atomic E-state index is 0.0625. The molecule has 0 aliphatic carbocycles. The van der Waals surface area contributed by atoms with Gasteiger partial charge in [-0.05, 0) is 25.5 Å². The van der Waals surface area contributed by atoms with Gasteiger partial charge in [0.15, 0.2) is 0 Å². The number of nitro groups is 1. The van der Waals surface area contributed by atoms with Gasteiger partial charge in [0, 0.05) is 35.9 Å². The van der Waals surface area contributed by atoms with E-state index in [1.54, 1.807) is 19.1 Å². The molecule has 0 aromatic heterocycles. The molecule has 0 radical (unpaired) electrons. The summed E-state index contributed by atoms with van der Waals surface area (Å²) in [4.78, 5) is 10.5. The molecule has 5 nitrogen and oxygen atoms in total. The summed E-state index contributed by atoms with van der Waals surface area (Å²) in [7, 11) is 0. The molecule has 0 heterocycles. The van der Waals surface area contributed by atoms with Gasteiger partial charge in [-0.2, -0.15) is 0 Å². The van der Waals surface area contributed by atoms with Crippen molar-refractivity contribution in [2.24, 2.45) is 5.41 Å². The van der Waals surface area contributed by atoms with Crippen LogP contribution in [0, 0.1) is 29.4 Å². The van der Waals surface area contributed by atoms with Crippen molar-refractivity contribution >= 4 is 11.4 Å². The Morgan fingerprint density at radius 1 is 1.33 bits per heavy atom. The minimum Gasteiger partial charge on any atom is -0.396 e. The van der Waals surface area contributed by atoms with Gasteiger partial charge in [0.2, 0.25) is 0 Å². The molecule has 5 heteroatoms. The summed E-state index contributed by atoms with van der Waals surface area (Å²) in [6.45, 7) is 8.12. The highest BCUT2D eigenvalue weighted by molar-refractivity contribution is 5.60. The number of nitrogens with zero attached hydrogens (tertiary/aromatic N) is 1. The summed E-state index contributed by atoms with van der Waals surface area (Å²) < 4.78 is 0. The van der Waals surface area contributed by atoms with Gasteiger partial charge in [-0.15, -0.1) is 0 Å². The molecule has 18 heavy (non-hydrogen) atoms. The zero-order valence-corrected chi connectivity index (χ0v) is 11.3. The molecule has 100 valence electrons. The standard InChI is InChI=1S/C13H20N2O3/c1-9-5-10(2)12(15(17)18)6-11(9)14-7-13(3,4)8-16/h5-6,14,16H,7-8H2,1-4H3. The van der Waals surface area contributed by atoms with E-state index in [1.165, 1.54) is 0 Å². The second kappa shape index (κ2) is 5.35. The first-order valence-electron chi connectivity index (χ1n) is 5.87. The van der Waals surface area contributed by atoms with Gasteiger partial charge in [0.05, 0.1) is 4.92 Å². The van der Waals surface area contributed by atoms with Crippen molar-refractivity contribution in [1.29, 1.82) is 0 Å². The molecular weight excluding hydrogens is 232 g/mol. The number of nitro benzene ring substituents is 1. The molecule has 0 spiro atoms. The Morgan fingerprint density at radius 2 is 1.94 bits per heavy atom. The molecule has 0 aliphatic heterocycles. The first-order valence-corrected chi connectivity index (χ1v) is 5.87. The van der Waals surface area contributed by atoms with Crippen LogP contribution < -0.4 is 5.32 Å². The Balaban J connectivity index is 2.96. The predicted octanol–water partition coefficient (Wildman–Crippen LogP) is 2.64. The van der Waals surface area contributed by atoms with E-state index in [0.717, 1.165) is 11.3 Å². The molecule has 0 atom stereocenters. The maximum absolute atomic E-state index is 10.9. The molecule has 0 amide bonds. The van der Waals surface area contributed by atoms with Crippen molar-refractivity contribution in [3.63, 3.8) is 0 Å². The first-order chi connectivity index (χ1) is 8.26. The van der Waals surface area contributed by atoms with Crippen LogP contribution >= 0.6 is 0 Å². The summed E-state index contributed by atoms with van der Waals surface area (Å²) in [6.07, 6.45) is 0. The second-order valence-corrected chi connectivity index (χ2v) is 5.39. The van der Waals surface area contributed by atoms with Crippen molar-refractivity contribution in [2.75, 3.05) is 18.5 Å². The quantitative estimate of drug-likeness (QED) is 0.624. The monoisotopic (exact) mass is 252 g/mol. The maximum atomic E-state index is 10.9. The van der Waals surface area contributed by atoms with E-state index >= 15 is 0 Å². The van der Waals surface area contributed by atoms with Gasteiger partial charge >= 0.3 is 0 Å². The molecule has 0 aliphatic rings. The molecule has 0 fully saturated rings. The summed E-state index contributed by atoms with van der Waals surface area (Å²) >= 11 is 0. The Hall–Kier alpha value is -1.62. The van der Waals surface area contributed by atoms with Gasteiger partial charge in [-0.3, -0.25) is 10.1 Å². The summed E-state index contributed by atoms with van der Waals surface area (Å²) in [6, 6.07) is 3.35. The highest BCUT2D eigenvalue weighted by atomic mass is 16.6. The lowest BCUT2D eigenvalue weighted by Crippen LogP contribution is -2.27. The molecule has 0 saturated heterocycles. The van der Waals surface area contributed by atoms with Crippen molar-refractivity contribution in [1.82, 2.24) is 0 Å². The number of hydrogen-bond acceptors (Lipinski definition) is 4. The van der Waals surface area contributed by atoms with Crippen molar-refractivity contribution in [2.45, 2.75) is 27.7 Å². The molecular formula is C13H20N2O3. The van der Waals surface area contributed by atoms with E-state index in [0.29, 0.717) is 12.1 Å². The number of nitrogens with one attached hydrogen (secondary N) is 1. The highest BCUT2D eigenvalue weighted by Gasteiger charge is 2.18. The molecule has 1 rings (SSSR count). The van der Waals surface area contributed by atoms with Gasteiger partial charge in [0.25, 0.3) is 5.69 Å². The highest BCUT2D eigenvalue weighted by Crippen LogP contribution is 2.27. The SMILES string of the molecule is Cc1cc(C)c([N+](=O)[O-])cc1NCC(C)(C)CO. The lowest BCUT2D eigenvalue weighted by molar-refractivity contribution is -0.385. The fraction of sp³-hybridized carbons (Fsp3) is 0.538. The van der Waals surface area contributed by atoms with E-state index in [1.807, 2.05) is 20.8 Å². The molecule has 0 saturated carbocycles. The number of aliphatic hydroxyl groups is 1. The molecule has 0 unspecified atom stereocenters. The van der Waals surface area contributed by atoms with Crippen LogP contribution in [-0.4, -0.2) is 23.2 Å². The minimum atomic E-state index is -0.378. The third kappa shape index (κ3) is 3.43. The lowest BCUT2D eigenvalue weighted by Gasteiger charge is -2.23. The second-order valence-electron chi connectivity index (χ2n) is 5.39. The third-order valence-electron chi connectivity index (χ3n) is 2.93. The Morgan fingerprint density at radius 3 is 2.44 bits per heavy atom. The topological polar surface area (TPSA) is 75.4 Å². The van der Waals surface area contributed by atoms with E-state index in [-0.39, 0.29) is 22.6 Å². The van der Waals surface area contributed by atoms with E-state index in [4.69, 9.17) is 0 Å². The fourth-order valence-corrected chi connectivity index (χ4v) is 1.62. The number of hydrogen-bond donors (Lipinski definition) is 2. The Bertz CT molecular complexity index is 456. The number of aliphatic hydroxyl groups excluding tert-OH is 1. The van der Waals surface area contributed by atoms with E-state index in [2.05, 4.69) is 5.32 Å². The molecule has 1 aromatic carbocycles. The average Bonchev–Trinajstić information content (AvgIpc) is 2.27. The largest absolute Gasteiger partial charge is 0.396 e. The number of anilines is 1. The van der Waals surface area contributed by atoms with Crippen molar-refractivity contribution in [3.8, 4) is 0 Å². The summed E-state index contributed by atoms with van der Waals surface area (Å²) in [5.74, 6) is 0. The number of rotatable bonds is 5. The van der Waals surface area contributed by atoms with Crippen LogP contribution in [0.15, 0.2) is 12.1 Å². The Labute approximate surface area is 107 Å². The Kier molecular flexibility index (Phi) is 4.29. The molecule has 0 bridgehead atoms. The van der Waals surface area contributed by atoms with Crippen LogP contribution in [0.4, 0.5) is 11.4 Å². The summed E-state index contributed by atoms with van der Waals surface area (Å²) in [5, 5.41) is 23.2. The van der Waals surface area contributed by atoms with Crippen molar-refractivity contribution < 1.29 is 10.0 Å². The third-order valence-corrected chi connectivity index (χ3v) is 2.93. The van der Waals surface area contributed by atoms with Gasteiger partial charge in [0.1, 0.15) is 0 Å². The van der Waals surface area contributed by atoms with Gasteiger partial charge in [-0.25, -0.2) is 0 Å². The van der Waals surface area contributed by atoms with Crippen LogP contribution in [-0.2, 0) is 0 Å². The smallest absolute Gasteiger partial charge is 0.274 e. The predicted molar refractivity (Wildman–Crippen MR) is 71.9 cm³/mol. The van der Waals surface area contributed by atoms with Gasteiger partial charge < -0.3 is 10.4 Å². The van der Waals surface area contributed by atoms with Crippen LogP contribution in [0.25, 0.3) is 0 Å². The average molecular weight is 252 g/mol. The van der Waals surface area contributed by atoms with E-state index in [9.17, 15) is 15.2 Å².